The highest BCUT2D eigenvalue weighted by molar-refractivity contribution is 7.89. The zero-order chi connectivity index (χ0) is 13.3. The zero-order valence-electron chi connectivity index (χ0n) is 10.1. The number of hydrogen-bond donors (Lipinski definition) is 1. The zero-order valence-corrected chi connectivity index (χ0v) is 10.9. The Morgan fingerprint density at radius 3 is 2.67 bits per heavy atom. The minimum atomic E-state index is -3.71. The molecule has 9 heteroatoms. The molecule has 0 spiro atoms. The van der Waals surface area contributed by atoms with Gasteiger partial charge in [0.25, 0.3) is 0 Å². The Kier molecular flexibility index (Phi) is 3.18. The Bertz CT molecular complexity index is 642. The molecule has 0 aromatic carbocycles. The fourth-order valence-corrected chi connectivity index (χ4v) is 2.00. The first-order valence-corrected chi connectivity index (χ1v) is 6.86. The molecule has 0 saturated heterocycles. The molecule has 0 radical (unpaired) electrons. The predicted octanol–water partition coefficient (Wildman–Crippen LogP) is -0.249. The summed E-state index contributed by atoms with van der Waals surface area (Å²) in [5.74, 6) is 0.703. The van der Waals surface area contributed by atoms with Gasteiger partial charge in [-0.1, -0.05) is 0 Å². The molecule has 2 rings (SSSR count). The standard InChI is InChI=1S/C9H14N6O2S/c1-7(2)15-9(11-6-13-15)5-14-4-8(3-12-14)18(10,16)17/h3-4,6-7H,5H2,1-2H3,(H2,10,16,17). The molecule has 0 unspecified atom stereocenters. The van der Waals surface area contributed by atoms with E-state index in [2.05, 4.69) is 15.2 Å². The molecule has 8 nitrogen and oxygen atoms in total. The summed E-state index contributed by atoms with van der Waals surface area (Å²) in [5.41, 5.74) is 0. The molecule has 0 amide bonds. The van der Waals surface area contributed by atoms with E-state index in [-0.39, 0.29) is 10.9 Å². The van der Waals surface area contributed by atoms with Crippen molar-refractivity contribution >= 4 is 10.0 Å². The third kappa shape index (κ3) is 2.57. The van der Waals surface area contributed by atoms with Crippen molar-refractivity contribution in [1.82, 2.24) is 24.5 Å². The van der Waals surface area contributed by atoms with Crippen LogP contribution in [0.4, 0.5) is 0 Å². The molecular weight excluding hydrogens is 256 g/mol. The molecular formula is C9H14N6O2S. The Hall–Kier alpha value is -1.74. The van der Waals surface area contributed by atoms with Crippen molar-refractivity contribution in [1.29, 1.82) is 0 Å². The van der Waals surface area contributed by atoms with E-state index >= 15 is 0 Å². The highest BCUT2D eigenvalue weighted by Crippen LogP contribution is 2.09. The lowest BCUT2D eigenvalue weighted by Crippen LogP contribution is -2.13. The largest absolute Gasteiger partial charge is 0.264 e. The number of nitrogens with two attached hydrogens (primary N) is 1. The topological polar surface area (TPSA) is 109 Å². The van der Waals surface area contributed by atoms with Gasteiger partial charge in [-0.3, -0.25) is 4.68 Å². The fourth-order valence-electron chi connectivity index (χ4n) is 1.54. The van der Waals surface area contributed by atoms with Crippen molar-refractivity contribution in [3.8, 4) is 0 Å². The molecule has 2 aromatic rings. The molecule has 0 atom stereocenters. The summed E-state index contributed by atoms with van der Waals surface area (Å²) in [7, 11) is -3.71. The Morgan fingerprint density at radius 1 is 1.39 bits per heavy atom. The van der Waals surface area contributed by atoms with Gasteiger partial charge in [0, 0.05) is 12.2 Å². The molecule has 98 valence electrons. The van der Waals surface area contributed by atoms with Gasteiger partial charge in [0.05, 0.1) is 6.20 Å². The highest BCUT2D eigenvalue weighted by atomic mass is 32.2. The SMILES string of the molecule is CC(C)n1ncnc1Cn1cc(S(N)(=O)=O)cn1. The summed E-state index contributed by atoms with van der Waals surface area (Å²) in [6, 6.07) is 0.177. The molecule has 18 heavy (non-hydrogen) atoms. The first-order valence-electron chi connectivity index (χ1n) is 5.31. The van der Waals surface area contributed by atoms with E-state index < -0.39 is 10.0 Å². The van der Waals surface area contributed by atoms with E-state index in [1.807, 2.05) is 13.8 Å². The minimum Gasteiger partial charge on any atom is -0.264 e. The van der Waals surface area contributed by atoms with Gasteiger partial charge < -0.3 is 0 Å². The van der Waals surface area contributed by atoms with Crippen molar-refractivity contribution < 1.29 is 8.42 Å². The third-order valence-corrected chi connectivity index (χ3v) is 3.25. The summed E-state index contributed by atoms with van der Waals surface area (Å²) in [5, 5.41) is 13.0. The molecule has 2 N–H and O–H groups in total. The van der Waals surface area contributed by atoms with Crippen LogP contribution in [0.1, 0.15) is 25.7 Å². The first kappa shape index (κ1) is 12.7. The third-order valence-electron chi connectivity index (χ3n) is 2.38. The summed E-state index contributed by atoms with van der Waals surface area (Å²) < 4.78 is 25.4. The van der Waals surface area contributed by atoms with Gasteiger partial charge in [-0.2, -0.15) is 10.2 Å². The summed E-state index contributed by atoms with van der Waals surface area (Å²) in [6.45, 7) is 4.31. The number of aromatic nitrogens is 5. The Balaban J connectivity index is 2.24. The van der Waals surface area contributed by atoms with Crippen LogP contribution in [0.25, 0.3) is 0 Å². The van der Waals surface area contributed by atoms with E-state index in [4.69, 9.17) is 5.14 Å². The number of primary sulfonamides is 1. The van der Waals surface area contributed by atoms with E-state index in [1.165, 1.54) is 23.4 Å². The van der Waals surface area contributed by atoms with Crippen molar-refractivity contribution in [2.45, 2.75) is 31.3 Å². The van der Waals surface area contributed by atoms with Crippen LogP contribution in [0.3, 0.4) is 0 Å². The normalized spacial score (nSPS) is 12.2. The smallest absolute Gasteiger partial charge is 0.241 e. The number of hydrogen-bond acceptors (Lipinski definition) is 5. The van der Waals surface area contributed by atoms with E-state index in [1.54, 1.807) is 4.68 Å². The van der Waals surface area contributed by atoms with Crippen molar-refractivity contribution in [2.75, 3.05) is 0 Å². The second-order valence-electron chi connectivity index (χ2n) is 4.13. The lowest BCUT2D eigenvalue weighted by atomic mass is 10.4. The monoisotopic (exact) mass is 270 g/mol. The van der Waals surface area contributed by atoms with Gasteiger partial charge in [-0.15, -0.1) is 0 Å². The number of rotatable bonds is 4. The number of sulfonamides is 1. The summed E-state index contributed by atoms with van der Waals surface area (Å²) in [4.78, 5) is 4.10. The first-order chi connectivity index (χ1) is 8.38. The van der Waals surface area contributed by atoms with Crippen LogP contribution >= 0.6 is 0 Å². The maximum absolute atomic E-state index is 11.1. The molecule has 0 fully saturated rings. The molecule has 0 aliphatic rings. The van der Waals surface area contributed by atoms with Crippen LogP contribution in [0.5, 0.6) is 0 Å². The molecule has 0 aliphatic carbocycles. The maximum atomic E-state index is 11.1. The maximum Gasteiger partial charge on any atom is 0.241 e. The van der Waals surface area contributed by atoms with Crippen molar-refractivity contribution in [3.05, 3.63) is 24.5 Å². The summed E-state index contributed by atoms with van der Waals surface area (Å²) >= 11 is 0. The molecule has 2 heterocycles. The van der Waals surface area contributed by atoms with E-state index in [0.717, 1.165) is 0 Å². The average molecular weight is 270 g/mol. The molecule has 0 saturated carbocycles. The summed E-state index contributed by atoms with van der Waals surface area (Å²) in [6.07, 6.45) is 4.04. The second kappa shape index (κ2) is 4.50. The fraction of sp³-hybridized carbons (Fsp3) is 0.444. The molecule has 0 aliphatic heterocycles. The predicted molar refractivity (Wildman–Crippen MR) is 63.1 cm³/mol. The van der Waals surface area contributed by atoms with Gasteiger partial charge in [-0.25, -0.2) is 23.2 Å². The lowest BCUT2D eigenvalue weighted by Gasteiger charge is -2.08. The Morgan fingerprint density at radius 2 is 2.11 bits per heavy atom. The van der Waals surface area contributed by atoms with Crippen LogP contribution in [-0.4, -0.2) is 33.0 Å². The quantitative estimate of drug-likeness (QED) is 0.824. The van der Waals surface area contributed by atoms with Gasteiger partial charge in [-0.05, 0) is 13.8 Å². The van der Waals surface area contributed by atoms with E-state index in [9.17, 15) is 8.42 Å². The highest BCUT2D eigenvalue weighted by Gasteiger charge is 2.13. The molecule has 0 bridgehead atoms. The van der Waals surface area contributed by atoms with Gasteiger partial charge in [0.2, 0.25) is 10.0 Å². The van der Waals surface area contributed by atoms with Gasteiger partial charge >= 0.3 is 0 Å². The van der Waals surface area contributed by atoms with Crippen LogP contribution < -0.4 is 5.14 Å². The minimum absolute atomic E-state index is 0.0156. The van der Waals surface area contributed by atoms with Crippen LogP contribution in [0, 0.1) is 0 Å². The van der Waals surface area contributed by atoms with Crippen LogP contribution in [0.15, 0.2) is 23.6 Å². The Labute approximate surface area is 104 Å². The lowest BCUT2D eigenvalue weighted by molar-refractivity contribution is 0.488. The van der Waals surface area contributed by atoms with Crippen LogP contribution in [-0.2, 0) is 16.6 Å². The van der Waals surface area contributed by atoms with Crippen molar-refractivity contribution in [3.63, 3.8) is 0 Å². The second-order valence-corrected chi connectivity index (χ2v) is 5.69. The van der Waals surface area contributed by atoms with Crippen LogP contribution in [0.2, 0.25) is 0 Å². The van der Waals surface area contributed by atoms with Gasteiger partial charge in [0.1, 0.15) is 23.6 Å². The number of nitrogens with zero attached hydrogens (tertiary/aromatic N) is 5. The molecule has 2 aromatic heterocycles. The van der Waals surface area contributed by atoms with Gasteiger partial charge in [0.15, 0.2) is 0 Å². The average Bonchev–Trinajstić information content (AvgIpc) is 2.85. The van der Waals surface area contributed by atoms with Crippen molar-refractivity contribution in [2.24, 2.45) is 5.14 Å². The van der Waals surface area contributed by atoms with E-state index in [0.29, 0.717) is 12.4 Å².